The van der Waals surface area contributed by atoms with E-state index in [1.54, 1.807) is 0 Å². The topological polar surface area (TPSA) is 55.1 Å². The van der Waals surface area contributed by atoms with Gasteiger partial charge in [0.05, 0.1) is 0 Å². The van der Waals surface area contributed by atoms with Crippen molar-refractivity contribution in [2.75, 3.05) is 6.54 Å². The van der Waals surface area contributed by atoms with Gasteiger partial charge >= 0.3 is 0 Å². The van der Waals surface area contributed by atoms with Gasteiger partial charge in [-0.25, -0.2) is 0 Å². The highest BCUT2D eigenvalue weighted by Crippen LogP contribution is 2.09. The summed E-state index contributed by atoms with van der Waals surface area (Å²) >= 11 is 0. The first-order chi connectivity index (χ1) is 7.69. The lowest BCUT2D eigenvalue weighted by atomic mass is 10.0. The average molecular weight is 220 g/mol. The second-order valence-electron chi connectivity index (χ2n) is 3.96. The predicted molar refractivity (Wildman–Crippen MR) is 66.4 cm³/mol. The fraction of sp³-hybridized carbons (Fsp3) is 0.462. The van der Waals surface area contributed by atoms with E-state index < -0.39 is 0 Å². The molecule has 0 spiro atoms. The quantitative estimate of drug-likeness (QED) is 0.793. The molecule has 0 aromatic heterocycles. The Labute approximate surface area is 97.0 Å². The summed E-state index contributed by atoms with van der Waals surface area (Å²) < 4.78 is 0. The minimum Gasteiger partial charge on any atom is -0.350 e. The summed E-state index contributed by atoms with van der Waals surface area (Å²) in [4.78, 5) is 12.0. The molecule has 16 heavy (non-hydrogen) atoms. The standard InChI is InChI=1S/C13H20N2O/c1-3-11-6-4-5-7-12(11)13(16)15-10(2)8-9-14/h4-7,10H,3,8-9,14H2,1-2H3,(H,15,16). The molecule has 0 bridgehead atoms. The zero-order valence-corrected chi connectivity index (χ0v) is 9.99. The highest BCUT2D eigenvalue weighted by atomic mass is 16.1. The van der Waals surface area contributed by atoms with Crippen molar-refractivity contribution in [3.05, 3.63) is 35.4 Å². The van der Waals surface area contributed by atoms with Crippen LogP contribution in [0.25, 0.3) is 0 Å². The van der Waals surface area contributed by atoms with Crippen molar-refractivity contribution in [2.24, 2.45) is 5.73 Å². The molecule has 0 aliphatic rings. The lowest BCUT2D eigenvalue weighted by molar-refractivity contribution is 0.0938. The van der Waals surface area contributed by atoms with Gasteiger partial charge in [0, 0.05) is 11.6 Å². The van der Waals surface area contributed by atoms with Crippen molar-refractivity contribution in [1.82, 2.24) is 5.32 Å². The van der Waals surface area contributed by atoms with E-state index in [0.29, 0.717) is 6.54 Å². The van der Waals surface area contributed by atoms with E-state index in [1.807, 2.05) is 31.2 Å². The van der Waals surface area contributed by atoms with Gasteiger partial charge in [-0.2, -0.15) is 0 Å². The van der Waals surface area contributed by atoms with Crippen LogP contribution in [0.2, 0.25) is 0 Å². The van der Waals surface area contributed by atoms with E-state index in [0.717, 1.165) is 24.0 Å². The molecule has 1 aromatic rings. The molecule has 3 N–H and O–H groups in total. The van der Waals surface area contributed by atoms with Gasteiger partial charge in [-0.15, -0.1) is 0 Å². The summed E-state index contributed by atoms with van der Waals surface area (Å²) in [5.41, 5.74) is 7.30. The van der Waals surface area contributed by atoms with Crippen LogP contribution in [0.3, 0.4) is 0 Å². The lowest BCUT2D eigenvalue weighted by Crippen LogP contribution is -2.34. The first-order valence-corrected chi connectivity index (χ1v) is 5.77. The minimum absolute atomic E-state index is 0.00148. The molecular formula is C13H20N2O. The van der Waals surface area contributed by atoms with Crippen molar-refractivity contribution in [3.8, 4) is 0 Å². The predicted octanol–water partition coefficient (Wildman–Crippen LogP) is 1.72. The van der Waals surface area contributed by atoms with Crippen LogP contribution in [0.15, 0.2) is 24.3 Å². The number of hydrogen-bond acceptors (Lipinski definition) is 2. The summed E-state index contributed by atoms with van der Waals surface area (Å²) in [7, 11) is 0. The minimum atomic E-state index is -0.00148. The van der Waals surface area contributed by atoms with Crippen LogP contribution in [-0.4, -0.2) is 18.5 Å². The maximum absolute atomic E-state index is 12.0. The smallest absolute Gasteiger partial charge is 0.251 e. The molecule has 0 heterocycles. The fourth-order valence-corrected chi connectivity index (χ4v) is 1.67. The zero-order chi connectivity index (χ0) is 12.0. The van der Waals surface area contributed by atoms with Crippen molar-refractivity contribution in [1.29, 1.82) is 0 Å². The Morgan fingerprint density at radius 2 is 2.12 bits per heavy atom. The first-order valence-electron chi connectivity index (χ1n) is 5.77. The number of hydrogen-bond donors (Lipinski definition) is 2. The number of amides is 1. The monoisotopic (exact) mass is 220 g/mol. The summed E-state index contributed by atoms with van der Waals surface area (Å²) in [6.45, 7) is 4.62. The van der Waals surface area contributed by atoms with E-state index in [-0.39, 0.29) is 11.9 Å². The van der Waals surface area contributed by atoms with Crippen LogP contribution in [0.5, 0.6) is 0 Å². The second-order valence-corrected chi connectivity index (χ2v) is 3.96. The molecule has 1 aromatic carbocycles. The molecule has 0 saturated carbocycles. The number of benzene rings is 1. The molecule has 3 nitrogen and oxygen atoms in total. The highest BCUT2D eigenvalue weighted by Gasteiger charge is 2.11. The maximum atomic E-state index is 12.0. The van der Waals surface area contributed by atoms with Crippen molar-refractivity contribution >= 4 is 5.91 Å². The van der Waals surface area contributed by atoms with Gasteiger partial charge in [-0.3, -0.25) is 4.79 Å². The van der Waals surface area contributed by atoms with Gasteiger partial charge in [-0.05, 0) is 37.9 Å². The number of nitrogens with one attached hydrogen (secondary N) is 1. The van der Waals surface area contributed by atoms with E-state index in [2.05, 4.69) is 12.2 Å². The summed E-state index contributed by atoms with van der Waals surface area (Å²) in [5, 5.41) is 2.95. The van der Waals surface area contributed by atoms with E-state index in [1.165, 1.54) is 0 Å². The van der Waals surface area contributed by atoms with Crippen molar-refractivity contribution < 1.29 is 4.79 Å². The molecule has 1 atom stereocenters. The molecule has 0 aliphatic carbocycles. The highest BCUT2D eigenvalue weighted by molar-refractivity contribution is 5.95. The summed E-state index contributed by atoms with van der Waals surface area (Å²) in [6, 6.07) is 7.83. The summed E-state index contributed by atoms with van der Waals surface area (Å²) in [5.74, 6) is -0.00148. The summed E-state index contributed by atoms with van der Waals surface area (Å²) in [6.07, 6.45) is 1.68. The van der Waals surface area contributed by atoms with Gasteiger partial charge in [-0.1, -0.05) is 25.1 Å². The number of aryl methyl sites for hydroxylation is 1. The van der Waals surface area contributed by atoms with E-state index in [9.17, 15) is 4.79 Å². The number of carbonyl (C=O) groups excluding carboxylic acids is 1. The zero-order valence-electron chi connectivity index (χ0n) is 9.99. The fourth-order valence-electron chi connectivity index (χ4n) is 1.67. The third kappa shape index (κ3) is 3.35. The molecule has 1 amide bonds. The van der Waals surface area contributed by atoms with E-state index in [4.69, 9.17) is 5.73 Å². The molecule has 1 unspecified atom stereocenters. The number of nitrogens with two attached hydrogens (primary N) is 1. The molecule has 3 heteroatoms. The molecule has 0 radical (unpaired) electrons. The Morgan fingerprint density at radius 1 is 1.44 bits per heavy atom. The molecule has 0 fully saturated rings. The Bertz CT molecular complexity index is 350. The number of rotatable bonds is 5. The van der Waals surface area contributed by atoms with Crippen LogP contribution in [0, 0.1) is 0 Å². The Hall–Kier alpha value is -1.35. The molecule has 0 aliphatic heterocycles. The van der Waals surface area contributed by atoms with Crippen LogP contribution in [0.1, 0.15) is 36.2 Å². The molecule has 1 rings (SSSR count). The van der Waals surface area contributed by atoms with Crippen LogP contribution in [0.4, 0.5) is 0 Å². The third-order valence-electron chi connectivity index (χ3n) is 2.62. The van der Waals surface area contributed by atoms with Crippen molar-refractivity contribution in [3.63, 3.8) is 0 Å². The van der Waals surface area contributed by atoms with E-state index >= 15 is 0 Å². The van der Waals surface area contributed by atoms with Crippen LogP contribution >= 0.6 is 0 Å². The Morgan fingerprint density at radius 3 is 2.75 bits per heavy atom. The van der Waals surface area contributed by atoms with Gasteiger partial charge in [0.15, 0.2) is 0 Å². The molecule has 88 valence electrons. The van der Waals surface area contributed by atoms with Gasteiger partial charge in [0.25, 0.3) is 5.91 Å². The SMILES string of the molecule is CCc1ccccc1C(=O)NC(C)CCN. The van der Waals surface area contributed by atoms with Crippen LogP contribution < -0.4 is 11.1 Å². The van der Waals surface area contributed by atoms with Gasteiger partial charge in [0.2, 0.25) is 0 Å². The largest absolute Gasteiger partial charge is 0.350 e. The Kier molecular flexibility index (Phi) is 4.99. The second kappa shape index (κ2) is 6.28. The van der Waals surface area contributed by atoms with Crippen molar-refractivity contribution in [2.45, 2.75) is 32.7 Å². The van der Waals surface area contributed by atoms with Gasteiger partial charge in [0.1, 0.15) is 0 Å². The number of carbonyl (C=O) groups is 1. The van der Waals surface area contributed by atoms with Crippen LogP contribution in [-0.2, 0) is 6.42 Å². The normalized spacial score (nSPS) is 12.2. The Balaban J connectivity index is 2.72. The molecular weight excluding hydrogens is 200 g/mol. The first kappa shape index (κ1) is 12.7. The third-order valence-corrected chi connectivity index (χ3v) is 2.62. The van der Waals surface area contributed by atoms with Gasteiger partial charge < -0.3 is 11.1 Å². The lowest BCUT2D eigenvalue weighted by Gasteiger charge is -2.14. The average Bonchev–Trinajstić information content (AvgIpc) is 2.29. The molecule has 0 saturated heterocycles. The maximum Gasteiger partial charge on any atom is 0.251 e.